The molecule has 114 valence electrons. The minimum absolute atomic E-state index is 0.00830. The Balaban J connectivity index is 3.48. The Bertz CT molecular complexity index is 707. The molecule has 0 aliphatic carbocycles. The maximum atomic E-state index is 12.5. The second-order valence-electron chi connectivity index (χ2n) is 4.89. The monoisotopic (exact) mass is 311 g/mol. The van der Waals surface area contributed by atoms with E-state index < -0.39 is 26.7 Å². The zero-order valence-electron chi connectivity index (χ0n) is 12.3. The Morgan fingerprint density at radius 2 is 1.90 bits per heavy atom. The van der Waals surface area contributed by atoms with E-state index in [9.17, 15) is 18.5 Å². The number of hydrogen-bond acceptors (Lipinski definition) is 5. The second kappa shape index (κ2) is 6.20. The molecule has 0 aromatic heterocycles. The van der Waals surface area contributed by atoms with E-state index in [2.05, 4.69) is 0 Å². The fourth-order valence-corrected chi connectivity index (χ4v) is 3.36. The summed E-state index contributed by atoms with van der Waals surface area (Å²) in [5, 5.41) is 19.8. The van der Waals surface area contributed by atoms with Gasteiger partial charge in [0.05, 0.1) is 17.4 Å². The van der Waals surface area contributed by atoms with E-state index in [-0.39, 0.29) is 11.3 Å². The predicted octanol–water partition coefficient (Wildman–Crippen LogP) is 2.13. The van der Waals surface area contributed by atoms with Crippen LogP contribution in [0.2, 0.25) is 0 Å². The Labute approximate surface area is 124 Å². The molecule has 1 aromatic rings. The van der Waals surface area contributed by atoms with Crippen molar-refractivity contribution in [2.75, 3.05) is 7.05 Å². The first-order valence-corrected chi connectivity index (χ1v) is 7.67. The van der Waals surface area contributed by atoms with Crippen LogP contribution in [-0.4, -0.2) is 30.7 Å². The Hall–Kier alpha value is -1.98. The van der Waals surface area contributed by atoms with Crippen molar-refractivity contribution in [3.05, 3.63) is 33.4 Å². The lowest BCUT2D eigenvalue weighted by molar-refractivity contribution is -0.387. The topological polar surface area (TPSA) is 104 Å². The first kappa shape index (κ1) is 17.1. The van der Waals surface area contributed by atoms with Gasteiger partial charge in [-0.1, -0.05) is 0 Å². The van der Waals surface area contributed by atoms with Crippen LogP contribution >= 0.6 is 0 Å². The molecule has 8 heteroatoms. The van der Waals surface area contributed by atoms with Gasteiger partial charge in [-0.05, 0) is 38.0 Å². The number of sulfonamides is 1. The molecule has 0 spiro atoms. The van der Waals surface area contributed by atoms with E-state index in [1.165, 1.54) is 19.2 Å². The largest absolute Gasteiger partial charge is 0.289 e. The van der Waals surface area contributed by atoms with E-state index in [1.54, 1.807) is 20.8 Å². The van der Waals surface area contributed by atoms with Gasteiger partial charge in [-0.3, -0.25) is 10.1 Å². The summed E-state index contributed by atoms with van der Waals surface area (Å²) in [5.41, 5.74) is 0.850. The van der Waals surface area contributed by atoms with Crippen LogP contribution in [0.15, 0.2) is 17.0 Å². The highest BCUT2D eigenvalue weighted by atomic mass is 32.2. The van der Waals surface area contributed by atoms with Gasteiger partial charge in [-0.25, -0.2) is 8.42 Å². The maximum Gasteiger partial charge on any atom is 0.289 e. The summed E-state index contributed by atoms with van der Waals surface area (Å²) in [7, 11) is -2.72. The minimum Gasteiger partial charge on any atom is -0.258 e. The van der Waals surface area contributed by atoms with Crippen LogP contribution < -0.4 is 0 Å². The molecule has 0 aliphatic rings. The molecular formula is C13H17N3O4S. The second-order valence-corrected chi connectivity index (χ2v) is 6.86. The third kappa shape index (κ3) is 3.37. The van der Waals surface area contributed by atoms with Gasteiger partial charge in [0, 0.05) is 19.2 Å². The smallest absolute Gasteiger partial charge is 0.258 e. The third-order valence-corrected chi connectivity index (χ3v) is 5.44. The summed E-state index contributed by atoms with van der Waals surface area (Å²) in [6.07, 6.45) is 0.00830. The standard InChI is InChI=1S/C13H17N3O4S/c1-9-7-12(16(17)18)13(8-10(9)2)21(19,20)15(4)11(3)5-6-14/h7-8,11H,5H2,1-4H3. The fourth-order valence-electron chi connectivity index (χ4n) is 1.78. The lowest BCUT2D eigenvalue weighted by Gasteiger charge is -2.22. The van der Waals surface area contributed by atoms with E-state index in [0.29, 0.717) is 11.1 Å². The van der Waals surface area contributed by atoms with Crippen molar-refractivity contribution < 1.29 is 13.3 Å². The lowest BCUT2D eigenvalue weighted by atomic mass is 10.1. The van der Waals surface area contributed by atoms with Gasteiger partial charge in [0.25, 0.3) is 5.69 Å². The highest BCUT2D eigenvalue weighted by Crippen LogP contribution is 2.30. The molecule has 0 saturated carbocycles. The van der Waals surface area contributed by atoms with Crippen molar-refractivity contribution in [1.29, 1.82) is 5.26 Å². The third-order valence-electron chi connectivity index (χ3n) is 3.44. The molecule has 1 aromatic carbocycles. The first-order chi connectivity index (χ1) is 9.62. The molecule has 0 heterocycles. The molecular weight excluding hydrogens is 294 g/mol. The van der Waals surface area contributed by atoms with Crippen molar-refractivity contribution in [2.24, 2.45) is 0 Å². The molecule has 0 radical (unpaired) electrons. The fraction of sp³-hybridized carbons (Fsp3) is 0.462. The van der Waals surface area contributed by atoms with Gasteiger partial charge in [0.15, 0.2) is 4.90 Å². The van der Waals surface area contributed by atoms with Gasteiger partial charge in [0.1, 0.15) is 0 Å². The Morgan fingerprint density at radius 1 is 1.38 bits per heavy atom. The van der Waals surface area contributed by atoms with Crippen LogP contribution in [-0.2, 0) is 10.0 Å². The van der Waals surface area contributed by atoms with Crippen LogP contribution in [0.1, 0.15) is 24.5 Å². The molecule has 1 atom stereocenters. The quantitative estimate of drug-likeness (QED) is 0.612. The summed E-state index contributed by atoms with van der Waals surface area (Å²) in [6, 6.07) is 3.88. The average Bonchev–Trinajstić information content (AvgIpc) is 2.40. The molecule has 0 fully saturated rings. The maximum absolute atomic E-state index is 12.5. The summed E-state index contributed by atoms with van der Waals surface area (Å²) in [5.74, 6) is 0. The van der Waals surface area contributed by atoms with E-state index in [4.69, 9.17) is 5.26 Å². The molecule has 0 N–H and O–H groups in total. The van der Waals surface area contributed by atoms with Crippen LogP contribution in [0, 0.1) is 35.3 Å². The van der Waals surface area contributed by atoms with Crippen molar-refractivity contribution >= 4 is 15.7 Å². The van der Waals surface area contributed by atoms with Gasteiger partial charge < -0.3 is 0 Å². The van der Waals surface area contributed by atoms with E-state index in [1.807, 2.05) is 6.07 Å². The first-order valence-electron chi connectivity index (χ1n) is 6.23. The number of aryl methyl sites for hydroxylation is 2. The zero-order chi connectivity index (χ0) is 16.4. The number of nitro benzene ring substituents is 1. The zero-order valence-corrected chi connectivity index (χ0v) is 13.1. The number of hydrogen-bond donors (Lipinski definition) is 0. The summed E-state index contributed by atoms with van der Waals surface area (Å²) < 4.78 is 26.1. The number of nitrogens with zero attached hydrogens (tertiary/aromatic N) is 3. The van der Waals surface area contributed by atoms with Crippen LogP contribution in [0.4, 0.5) is 5.69 Å². The Kier molecular flexibility index (Phi) is 5.04. The van der Waals surface area contributed by atoms with Crippen LogP contribution in [0.5, 0.6) is 0 Å². The van der Waals surface area contributed by atoms with Crippen molar-refractivity contribution in [3.63, 3.8) is 0 Å². The molecule has 0 amide bonds. The molecule has 0 aliphatic heterocycles. The molecule has 1 unspecified atom stereocenters. The highest BCUT2D eigenvalue weighted by Gasteiger charge is 2.32. The van der Waals surface area contributed by atoms with Gasteiger partial charge in [-0.2, -0.15) is 9.57 Å². The molecule has 1 rings (SSSR count). The van der Waals surface area contributed by atoms with Crippen molar-refractivity contribution in [1.82, 2.24) is 4.31 Å². The molecule has 21 heavy (non-hydrogen) atoms. The highest BCUT2D eigenvalue weighted by molar-refractivity contribution is 7.89. The number of nitriles is 1. The summed E-state index contributed by atoms with van der Waals surface area (Å²) in [6.45, 7) is 4.95. The van der Waals surface area contributed by atoms with Crippen LogP contribution in [0.25, 0.3) is 0 Å². The SMILES string of the molecule is Cc1cc([N+](=O)[O-])c(S(=O)(=O)N(C)C(C)CC#N)cc1C. The van der Waals surface area contributed by atoms with E-state index in [0.717, 1.165) is 4.31 Å². The van der Waals surface area contributed by atoms with E-state index >= 15 is 0 Å². The number of nitro groups is 1. The average molecular weight is 311 g/mol. The van der Waals surface area contributed by atoms with Crippen LogP contribution in [0.3, 0.4) is 0 Å². The molecule has 0 bridgehead atoms. The minimum atomic E-state index is -4.03. The van der Waals surface area contributed by atoms with Crippen molar-refractivity contribution in [3.8, 4) is 6.07 Å². The molecule has 7 nitrogen and oxygen atoms in total. The normalized spacial score (nSPS) is 13.0. The molecule has 0 saturated heterocycles. The van der Waals surface area contributed by atoms with Gasteiger partial charge in [0.2, 0.25) is 10.0 Å². The van der Waals surface area contributed by atoms with Gasteiger partial charge in [-0.15, -0.1) is 0 Å². The number of rotatable bonds is 5. The lowest BCUT2D eigenvalue weighted by Crippen LogP contribution is -2.35. The van der Waals surface area contributed by atoms with Crippen molar-refractivity contribution in [2.45, 2.75) is 38.1 Å². The number of benzene rings is 1. The summed E-state index contributed by atoms with van der Waals surface area (Å²) in [4.78, 5) is 10.1. The van der Waals surface area contributed by atoms with Gasteiger partial charge >= 0.3 is 0 Å². The Morgan fingerprint density at radius 3 is 2.38 bits per heavy atom. The summed E-state index contributed by atoms with van der Waals surface area (Å²) >= 11 is 0. The predicted molar refractivity (Wildman–Crippen MR) is 77.2 cm³/mol.